The van der Waals surface area contributed by atoms with Gasteiger partial charge in [0.25, 0.3) is 0 Å². The number of nitrogens with one attached hydrogen (secondary N) is 1. The first kappa shape index (κ1) is 23.1. The van der Waals surface area contributed by atoms with Gasteiger partial charge in [-0.15, -0.1) is 0 Å². The van der Waals surface area contributed by atoms with Crippen LogP contribution in [-0.2, 0) is 0 Å². The van der Waals surface area contributed by atoms with Gasteiger partial charge < -0.3 is 19.5 Å². The number of hydrogen-bond acceptors (Lipinski definition) is 3. The molecule has 0 aliphatic carbocycles. The number of aryl methyl sites for hydroxylation is 1. The Morgan fingerprint density at radius 2 is 1.77 bits per heavy atom. The van der Waals surface area contributed by atoms with Crippen molar-refractivity contribution in [2.45, 2.75) is 32.9 Å². The molecule has 1 N–H and O–H groups in total. The lowest BCUT2D eigenvalue weighted by molar-refractivity contribution is 0.340. The normalized spacial score (nSPS) is 17.5. The van der Waals surface area contributed by atoms with Crippen LogP contribution in [0.5, 0.6) is 5.75 Å². The van der Waals surface area contributed by atoms with E-state index in [-0.39, 0.29) is 17.9 Å². The molecule has 2 aromatic heterocycles. The third-order valence-electron chi connectivity index (χ3n) is 6.41. The van der Waals surface area contributed by atoms with E-state index in [1.54, 1.807) is 18.3 Å². The van der Waals surface area contributed by atoms with E-state index in [1.807, 2.05) is 73.9 Å². The lowest BCUT2D eigenvalue weighted by Crippen LogP contribution is -2.29. The maximum atomic E-state index is 14.8. The fourth-order valence-electron chi connectivity index (χ4n) is 4.91. The number of halogens is 1. The van der Waals surface area contributed by atoms with E-state index in [4.69, 9.17) is 17.0 Å². The molecule has 0 radical (unpaired) electrons. The Labute approximate surface area is 210 Å². The van der Waals surface area contributed by atoms with Gasteiger partial charge in [-0.3, -0.25) is 4.98 Å². The summed E-state index contributed by atoms with van der Waals surface area (Å²) < 4.78 is 22.4. The van der Waals surface area contributed by atoms with Crippen LogP contribution in [0.25, 0.3) is 5.69 Å². The quantitative estimate of drug-likeness (QED) is 0.329. The lowest BCUT2D eigenvalue weighted by Gasteiger charge is -2.28. The average molecular weight is 487 g/mol. The number of ether oxygens (including phenoxy) is 1. The van der Waals surface area contributed by atoms with Crippen molar-refractivity contribution in [2.24, 2.45) is 0 Å². The van der Waals surface area contributed by atoms with E-state index >= 15 is 0 Å². The minimum atomic E-state index is -0.259. The van der Waals surface area contributed by atoms with Crippen LogP contribution >= 0.6 is 12.2 Å². The Kier molecular flexibility index (Phi) is 6.26. The van der Waals surface area contributed by atoms with Gasteiger partial charge in [-0.25, -0.2) is 4.39 Å². The maximum Gasteiger partial charge on any atom is 0.174 e. The maximum absolute atomic E-state index is 14.8. The summed E-state index contributed by atoms with van der Waals surface area (Å²) in [4.78, 5) is 6.76. The number of benzene rings is 2. The molecular formula is C28H27FN4OS. The van der Waals surface area contributed by atoms with Gasteiger partial charge in [0, 0.05) is 23.3 Å². The molecule has 0 unspecified atom stereocenters. The number of rotatable bonds is 6. The third kappa shape index (κ3) is 4.17. The number of nitrogens with zero attached hydrogens (tertiary/aromatic N) is 3. The Morgan fingerprint density at radius 1 is 1.03 bits per heavy atom. The fourth-order valence-corrected chi connectivity index (χ4v) is 5.26. The van der Waals surface area contributed by atoms with Gasteiger partial charge in [0.2, 0.25) is 0 Å². The summed E-state index contributed by atoms with van der Waals surface area (Å²) in [6, 6.07) is 22.4. The molecule has 35 heavy (non-hydrogen) atoms. The van der Waals surface area contributed by atoms with E-state index < -0.39 is 0 Å². The highest BCUT2D eigenvalue weighted by atomic mass is 32.1. The molecule has 0 saturated carbocycles. The Hall–Kier alpha value is -3.71. The largest absolute Gasteiger partial charge is 0.494 e. The molecule has 5 rings (SSSR count). The van der Waals surface area contributed by atoms with Crippen LogP contribution < -0.4 is 15.0 Å². The van der Waals surface area contributed by atoms with Crippen molar-refractivity contribution in [3.05, 3.63) is 107 Å². The molecule has 3 heterocycles. The molecule has 0 bridgehead atoms. The lowest BCUT2D eigenvalue weighted by atomic mass is 9.96. The smallest absolute Gasteiger partial charge is 0.174 e. The van der Waals surface area contributed by atoms with Crippen LogP contribution in [0.2, 0.25) is 0 Å². The second-order valence-corrected chi connectivity index (χ2v) is 8.92. The standard InChI is InChI=1S/C28H27FN4OS/c1-4-34-21-14-12-20(13-15-21)33-27(26(31-28(33)35)24-10-7-8-16-30-24)22-17-18(2)32(19(22)3)25-11-6-5-9-23(25)29/h5-17,26-27H,4H2,1-3H3,(H,31,35)/t26-,27-/m1/s1. The fraction of sp³-hybridized carbons (Fsp3) is 0.214. The minimum absolute atomic E-state index is 0.176. The molecule has 5 nitrogen and oxygen atoms in total. The highest BCUT2D eigenvalue weighted by Gasteiger charge is 2.42. The molecular weight excluding hydrogens is 459 g/mol. The van der Waals surface area contributed by atoms with Crippen LogP contribution in [0.4, 0.5) is 10.1 Å². The van der Waals surface area contributed by atoms with Crippen molar-refractivity contribution < 1.29 is 9.13 Å². The zero-order valence-electron chi connectivity index (χ0n) is 19.9. The molecule has 0 spiro atoms. The average Bonchev–Trinajstić information content (AvgIpc) is 3.36. The summed E-state index contributed by atoms with van der Waals surface area (Å²) in [6.07, 6.45) is 1.79. The minimum Gasteiger partial charge on any atom is -0.494 e. The van der Waals surface area contributed by atoms with Gasteiger partial charge in [-0.05, 0) is 93.1 Å². The van der Waals surface area contributed by atoms with E-state index in [0.717, 1.165) is 34.1 Å². The summed E-state index contributed by atoms with van der Waals surface area (Å²) >= 11 is 5.85. The van der Waals surface area contributed by atoms with E-state index in [9.17, 15) is 4.39 Å². The molecule has 1 aliphatic heterocycles. The monoisotopic (exact) mass is 486 g/mol. The highest BCUT2D eigenvalue weighted by Crippen LogP contribution is 2.44. The number of anilines is 1. The number of pyridine rings is 1. The predicted octanol–water partition coefficient (Wildman–Crippen LogP) is 6.20. The second-order valence-electron chi connectivity index (χ2n) is 8.54. The summed E-state index contributed by atoms with van der Waals surface area (Å²) in [7, 11) is 0. The number of aromatic nitrogens is 2. The summed E-state index contributed by atoms with van der Waals surface area (Å²) in [5.41, 5.74) is 5.34. The van der Waals surface area contributed by atoms with Gasteiger partial charge in [0.15, 0.2) is 5.11 Å². The summed E-state index contributed by atoms with van der Waals surface area (Å²) in [5.74, 6) is 0.551. The first-order chi connectivity index (χ1) is 17.0. The predicted molar refractivity (Wildman–Crippen MR) is 141 cm³/mol. The number of hydrogen-bond donors (Lipinski definition) is 1. The first-order valence-electron chi connectivity index (χ1n) is 11.7. The highest BCUT2D eigenvalue weighted by molar-refractivity contribution is 7.80. The summed E-state index contributed by atoms with van der Waals surface area (Å²) in [5, 5.41) is 4.11. The number of thiocarbonyl (C=S) groups is 1. The van der Waals surface area contributed by atoms with Gasteiger partial charge in [-0.1, -0.05) is 18.2 Å². The van der Waals surface area contributed by atoms with Gasteiger partial charge in [0.1, 0.15) is 11.6 Å². The molecule has 7 heteroatoms. The Bertz CT molecular complexity index is 1350. The van der Waals surface area contributed by atoms with Crippen LogP contribution in [0, 0.1) is 19.7 Å². The Morgan fingerprint density at radius 3 is 2.46 bits per heavy atom. The van der Waals surface area contributed by atoms with E-state index in [0.29, 0.717) is 17.4 Å². The molecule has 2 atom stereocenters. The third-order valence-corrected chi connectivity index (χ3v) is 6.72. The zero-order valence-corrected chi connectivity index (χ0v) is 20.7. The van der Waals surface area contributed by atoms with Crippen molar-refractivity contribution in [3.8, 4) is 11.4 Å². The molecule has 1 aliphatic rings. The van der Waals surface area contributed by atoms with Crippen LogP contribution in [0.3, 0.4) is 0 Å². The zero-order chi connectivity index (χ0) is 24.5. The molecule has 1 fully saturated rings. The van der Waals surface area contributed by atoms with Gasteiger partial charge >= 0.3 is 0 Å². The second kappa shape index (κ2) is 9.50. The van der Waals surface area contributed by atoms with Crippen LogP contribution in [-0.4, -0.2) is 21.3 Å². The topological polar surface area (TPSA) is 42.3 Å². The van der Waals surface area contributed by atoms with Gasteiger partial charge in [0.05, 0.1) is 30.1 Å². The van der Waals surface area contributed by atoms with Crippen LogP contribution in [0.15, 0.2) is 79.0 Å². The van der Waals surface area contributed by atoms with Crippen LogP contribution in [0.1, 0.15) is 41.7 Å². The van der Waals surface area contributed by atoms with Gasteiger partial charge in [-0.2, -0.15) is 0 Å². The number of para-hydroxylation sites is 1. The van der Waals surface area contributed by atoms with Crippen molar-refractivity contribution in [1.29, 1.82) is 0 Å². The molecule has 0 amide bonds. The molecule has 2 aromatic carbocycles. The summed E-state index contributed by atoms with van der Waals surface area (Å²) in [6.45, 7) is 6.60. The molecule has 1 saturated heterocycles. The van der Waals surface area contributed by atoms with E-state index in [1.165, 1.54) is 6.07 Å². The van der Waals surface area contributed by atoms with Crippen molar-refractivity contribution in [1.82, 2.24) is 14.9 Å². The Balaban J connectivity index is 1.65. The van der Waals surface area contributed by atoms with Crippen molar-refractivity contribution >= 4 is 23.0 Å². The SMILES string of the molecule is CCOc1ccc(N2C(=S)N[C@H](c3ccccn3)[C@H]2c2cc(C)n(-c3ccccc3F)c2C)cc1. The first-order valence-corrected chi connectivity index (χ1v) is 12.1. The molecule has 4 aromatic rings. The van der Waals surface area contributed by atoms with Crippen molar-refractivity contribution in [2.75, 3.05) is 11.5 Å². The van der Waals surface area contributed by atoms with Crippen molar-refractivity contribution in [3.63, 3.8) is 0 Å². The molecule has 178 valence electrons. The van der Waals surface area contributed by atoms with E-state index in [2.05, 4.69) is 21.3 Å².